The summed E-state index contributed by atoms with van der Waals surface area (Å²) in [5.74, 6) is -0.251. The smallest absolute Gasteiger partial charge is 0.261 e. The zero-order valence-electron chi connectivity index (χ0n) is 12.1. The number of benzene rings is 2. The average Bonchev–Trinajstić information content (AvgIpc) is 2.92. The highest BCUT2D eigenvalue weighted by atomic mass is 127. The Morgan fingerprint density at radius 1 is 1.17 bits per heavy atom. The van der Waals surface area contributed by atoms with Gasteiger partial charge in [0, 0.05) is 9.13 Å². The molecular formula is C17H12FIN2O2. The number of aromatic nitrogens is 1. The Morgan fingerprint density at radius 3 is 2.57 bits per heavy atom. The Morgan fingerprint density at radius 2 is 1.87 bits per heavy atom. The second kappa shape index (κ2) is 6.49. The quantitative estimate of drug-likeness (QED) is 0.626. The first kappa shape index (κ1) is 15.7. The monoisotopic (exact) mass is 422 g/mol. The zero-order chi connectivity index (χ0) is 16.4. The van der Waals surface area contributed by atoms with E-state index in [1.54, 1.807) is 19.1 Å². The van der Waals surface area contributed by atoms with Gasteiger partial charge < -0.3 is 9.84 Å². The lowest BCUT2D eigenvalue weighted by atomic mass is 10.1. The van der Waals surface area contributed by atoms with Crippen LogP contribution in [0.15, 0.2) is 53.1 Å². The standard InChI is InChI=1S/C17H12FIN2O2/c1-10-15(17(22)20-14-5-3-2-4-13(14)19)16(21-23-10)11-6-8-12(18)9-7-11/h2-9H,1H3,(H,20,22). The van der Waals surface area contributed by atoms with Crippen LogP contribution in [0.5, 0.6) is 0 Å². The molecule has 0 aliphatic heterocycles. The first-order valence-corrected chi connectivity index (χ1v) is 7.92. The molecule has 0 spiro atoms. The number of rotatable bonds is 3. The molecule has 0 atom stereocenters. The molecule has 116 valence electrons. The van der Waals surface area contributed by atoms with Gasteiger partial charge in [-0.25, -0.2) is 4.39 Å². The molecule has 0 aliphatic carbocycles. The summed E-state index contributed by atoms with van der Waals surface area (Å²) in [6.07, 6.45) is 0. The Kier molecular flexibility index (Phi) is 4.42. The van der Waals surface area contributed by atoms with E-state index >= 15 is 0 Å². The van der Waals surface area contributed by atoms with Crippen LogP contribution in [0, 0.1) is 16.3 Å². The third-order valence-corrected chi connectivity index (χ3v) is 4.27. The lowest BCUT2D eigenvalue weighted by Gasteiger charge is -2.07. The van der Waals surface area contributed by atoms with E-state index in [4.69, 9.17) is 4.52 Å². The Labute approximate surface area is 145 Å². The van der Waals surface area contributed by atoms with E-state index in [0.717, 1.165) is 3.57 Å². The minimum absolute atomic E-state index is 0.313. The number of carbonyl (C=O) groups is 1. The van der Waals surface area contributed by atoms with Crippen LogP contribution < -0.4 is 5.32 Å². The maximum Gasteiger partial charge on any atom is 0.261 e. The maximum absolute atomic E-state index is 13.1. The molecule has 4 nitrogen and oxygen atoms in total. The van der Waals surface area contributed by atoms with Crippen molar-refractivity contribution in [1.29, 1.82) is 0 Å². The number of anilines is 1. The molecule has 1 N–H and O–H groups in total. The van der Waals surface area contributed by atoms with E-state index in [2.05, 4.69) is 33.1 Å². The van der Waals surface area contributed by atoms with Crippen molar-refractivity contribution in [3.05, 3.63) is 69.2 Å². The van der Waals surface area contributed by atoms with Gasteiger partial charge in [0.1, 0.15) is 22.8 Å². The Balaban J connectivity index is 1.97. The predicted molar refractivity (Wildman–Crippen MR) is 93.7 cm³/mol. The number of carbonyl (C=O) groups excluding carboxylic acids is 1. The molecule has 0 radical (unpaired) electrons. The molecule has 0 saturated carbocycles. The van der Waals surface area contributed by atoms with Gasteiger partial charge in [-0.2, -0.15) is 0 Å². The van der Waals surface area contributed by atoms with Gasteiger partial charge in [0.2, 0.25) is 0 Å². The topological polar surface area (TPSA) is 55.1 Å². The molecule has 0 fully saturated rings. The van der Waals surface area contributed by atoms with Gasteiger partial charge in [0.15, 0.2) is 0 Å². The summed E-state index contributed by atoms with van der Waals surface area (Å²) in [4.78, 5) is 12.6. The zero-order valence-corrected chi connectivity index (χ0v) is 14.3. The number of hydrogen-bond acceptors (Lipinski definition) is 3. The molecule has 0 saturated heterocycles. The summed E-state index contributed by atoms with van der Waals surface area (Å²) >= 11 is 2.15. The van der Waals surface area contributed by atoms with E-state index in [1.807, 2.05) is 24.3 Å². The van der Waals surface area contributed by atoms with Crippen molar-refractivity contribution in [2.45, 2.75) is 6.92 Å². The van der Waals surface area contributed by atoms with Crippen LogP contribution in [-0.4, -0.2) is 11.1 Å². The van der Waals surface area contributed by atoms with Crippen molar-refractivity contribution < 1.29 is 13.7 Å². The number of para-hydroxylation sites is 1. The lowest BCUT2D eigenvalue weighted by molar-refractivity contribution is 0.102. The number of aryl methyl sites for hydroxylation is 1. The van der Waals surface area contributed by atoms with Crippen LogP contribution in [-0.2, 0) is 0 Å². The van der Waals surface area contributed by atoms with Gasteiger partial charge in [0.05, 0.1) is 5.69 Å². The number of halogens is 2. The van der Waals surface area contributed by atoms with Gasteiger partial charge in [-0.15, -0.1) is 0 Å². The maximum atomic E-state index is 13.1. The van der Waals surface area contributed by atoms with Gasteiger partial charge in [-0.3, -0.25) is 4.79 Å². The van der Waals surface area contributed by atoms with Crippen molar-refractivity contribution in [2.24, 2.45) is 0 Å². The summed E-state index contributed by atoms with van der Waals surface area (Å²) in [6, 6.07) is 13.2. The van der Waals surface area contributed by atoms with Crippen molar-refractivity contribution in [3.63, 3.8) is 0 Å². The van der Waals surface area contributed by atoms with Crippen molar-refractivity contribution >= 4 is 34.2 Å². The van der Waals surface area contributed by atoms with Crippen LogP contribution in [0.1, 0.15) is 16.1 Å². The summed E-state index contributed by atoms with van der Waals surface area (Å²) < 4.78 is 19.2. The normalized spacial score (nSPS) is 10.6. The largest absolute Gasteiger partial charge is 0.360 e. The predicted octanol–water partition coefficient (Wildman–Crippen LogP) is 4.65. The van der Waals surface area contributed by atoms with Crippen LogP contribution in [0.3, 0.4) is 0 Å². The van der Waals surface area contributed by atoms with Crippen LogP contribution in [0.25, 0.3) is 11.3 Å². The van der Waals surface area contributed by atoms with E-state index in [0.29, 0.717) is 28.3 Å². The molecule has 1 amide bonds. The first-order valence-electron chi connectivity index (χ1n) is 6.84. The van der Waals surface area contributed by atoms with Crippen LogP contribution in [0.2, 0.25) is 0 Å². The average molecular weight is 422 g/mol. The minimum Gasteiger partial charge on any atom is -0.360 e. The minimum atomic E-state index is -0.348. The van der Waals surface area contributed by atoms with Gasteiger partial charge >= 0.3 is 0 Å². The molecule has 0 bridgehead atoms. The van der Waals surface area contributed by atoms with Gasteiger partial charge in [-0.05, 0) is 65.9 Å². The fourth-order valence-electron chi connectivity index (χ4n) is 2.19. The number of amides is 1. The lowest BCUT2D eigenvalue weighted by Crippen LogP contribution is -2.14. The van der Waals surface area contributed by atoms with E-state index < -0.39 is 0 Å². The molecule has 0 unspecified atom stereocenters. The third kappa shape index (κ3) is 3.26. The molecule has 3 rings (SSSR count). The summed E-state index contributed by atoms with van der Waals surface area (Å²) in [5.41, 5.74) is 2.07. The molecule has 1 aromatic heterocycles. The number of nitrogens with one attached hydrogen (secondary N) is 1. The third-order valence-electron chi connectivity index (χ3n) is 3.33. The fraction of sp³-hybridized carbons (Fsp3) is 0.0588. The molecule has 0 aliphatic rings. The molecule has 1 heterocycles. The van der Waals surface area contributed by atoms with E-state index in [-0.39, 0.29) is 11.7 Å². The molecule has 23 heavy (non-hydrogen) atoms. The summed E-state index contributed by atoms with van der Waals surface area (Å²) in [7, 11) is 0. The highest BCUT2D eigenvalue weighted by Crippen LogP contribution is 2.27. The molecular weight excluding hydrogens is 410 g/mol. The van der Waals surface area contributed by atoms with E-state index in [1.165, 1.54) is 12.1 Å². The van der Waals surface area contributed by atoms with Crippen molar-refractivity contribution in [1.82, 2.24) is 5.16 Å². The summed E-state index contributed by atoms with van der Waals surface area (Å²) in [5, 5.41) is 6.80. The molecule has 2 aromatic carbocycles. The SMILES string of the molecule is Cc1onc(-c2ccc(F)cc2)c1C(=O)Nc1ccccc1I. The van der Waals surface area contributed by atoms with Crippen molar-refractivity contribution in [3.8, 4) is 11.3 Å². The first-order chi connectivity index (χ1) is 11.1. The van der Waals surface area contributed by atoms with E-state index in [9.17, 15) is 9.18 Å². The number of hydrogen-bond donors (Lipinski definition) is 1. The number of nitrogens with zero attached hydrogens (tertiary/aromatic N) is 1. The molecule has 3 aromatic rings. The van der Waals surface area contributed by atoms with Gasteiger partial charge in [-0.1, -0.05) is 17.3 Å². The molecule has 6 heteroatoms. The van der Waals surface area contributed by atoms with Crippen molar-refractivity contribution in [2.75, 3.05) is 5.32 Å². The van der Waals surface area contributed by atoms with Crippen LogP contribution >= 0.6 is 22.6 Å². The Bertz CT molecular complexity index is 859. The Hall–Kier alpha value is -2.22. The van der Waals surface area contributed by atoms with Crippen LogP contribution in [0.4, 0.5) is 10.1 Å². The van der Waals surface area contributed by atoms with Gasteiger partial charge in [0.25, 0.3) is 5.91 Å². The highest BCUT2D eigenvalue weighted by Gasteiger charge is 2.22. The second-order valence-corrected chi connectivity index (χ2v) is 6.07. The highest BCUT2D eigenvalue weighted by molar-refractivity contribution is 14.1. The fourth-order valence-corrected chi connectivity index (χ4v) is 2.71. The second-order valence-electron chi connectivity index (χ2n) is 4.90. The summed E-state index contributed by atoms with van der Waals surface area (Å²) in [6.45, 7) is 1.67.